The Morgan fingerprint density at radius 1 is 1.21 bits per heavy atom. The van der Waals surface area contributed by atoms with E-state index in [4.69, 9.17) is 0 Å². The molecule has 112 valence electrons. The van der Waals surface area contributed by atoms with E-state index < -0.39 is 17.5 Å². The zero-order valence-electron chi connectivity index (χ0n) is 12.4. The monoisotopic (exact) mass is 273 g/mol. The van der Waals surface area contributed by atoms with Crippen molar-refractivity contribution in [3.8, 4) is 0 Å². The van der Waals surface area contributed by atoms with Gasteiger partial charge in [0.1, 0.15) is 0 Å². The number of carbonyl (C=O) groups is 2. The summed E-state index contributed by atoms with van der Waals surface area (Å²) in [4.78, 5) is 23.1. The maximum atomic E-state index is 11.8. The van der Waals surface area contributed by atoms with Gasteiger partial charge in [-0.1, -0.05) is 27.7 Å². The van der Waals surface area contributed by atoms with Gasteiger partial charge in [0.2, 0.25) is 5.91 Å². The van der Waals surface area contributed by atoms with Crippen LogP contribution in [0.5, 0.6) is 0 Å². The Morgan fingerprint density at radius 2 is 1.74 bits per heavy atom. The van der Waals surface area contributed by atoms with Gasteiger partial charge in [0.15, 0.2) is 0 Å². The fourth-order valence-corrected chi connectivity index (χ4v) is 2.11. The predicted octanol–water partition coefficient (Wildman–Crippen LogP) is 1.79. The molecular weight excluding hydrogens is 246 g/mol. The number of amides is 1. The maximum Gasteiger partial charge on any atom is 0.310 e. The van der Waals surface area contributed by atoms with Crippen molar-refractivity contribution >= 4 is 11.9 Å². The molecule has 5 heteroatoms. The van der Waals surface area contributed by atoms with Crippen LogP contribution in [0.15, 0.2) is 0 Å². The summed E-state index contributed by atoms with van der Waals surface area (Å²) in [6, 6.07) is 0. The zero-order valence-corrected chi connectivity index (χ0v) is 12.4. The van der Waals surface area contributed by atoms with Crippen molar-refractivity contribution in [3.63, 3.8) is 0 Å². The summed E-state index contributed by atoms with van der Waals surface area (Å²) in [7, 11) is 0. The van der Waals surface area contributed by atoms with E-state index in [-0.39, 0.29) is 18.9 Å². The van der Waals surface area contributed by atoms with Crippen LogP contribution in [0.1, 0.15) is 53.4 Å². The fourth-order valence-electron chi connectivity index (χ4n) is 2.11. The highest BCUT2D eigenvalue weighted by Gasteiger charge is 2.37. The third-order valence-electron chi connectivity index (χ3n) is 3.58. The topological polar surface area (TPSA) is 86.6 Å². The Morgan fingerprint density at radius 3 is 2.11 bits per heavy atom. The number of aliphatic carboxylic acids is 1. The van der Waals surface area contributed by atoms with Crippen molar-refractivity contribution in [1.82, 2.24) is 5.32 Å². The van der Waals surface area contributed by atoms with Crippen LogP contribution in [-0.2, 0) is 9.59 Å². The molecule has 0 saturated heterocycles. The zero-order chi connectivity index (χ0) is 15.1. The molecule has 1 atom stereocenters. The van der Waals surface area contributed by atoms with E-state index in [2.05, 4.69) is 5.32 Å². The molecule has 1 amide bonds. The van der Waals surface area contributed by atoms with E-state index in [9.17, 15) is 19.8 Å². The molecule has 0 aliphatic heterocycles. The van der Waals surface area contributed by atoms with E-state index in [1.807, 2.05) is 13.8 Å². The number of hydrogen-bond donors (Lipinski definition) is 3. The molecule has 0 bridgehead atoms. The molecule has 1 unspecified atom stereocenters. The first-order valence-electron chi connectivity index (χ1n) is 6.95. The summed E-state index contributed by atoms with van der Waals surface area (Å²) in [6.07, 6.45) is 0.837. The van der Waals surface area contributed by atoms with Crippen LogP contribution < -0.4 is 5.32 Å². The van der Waals surface area contributed by atoms with Gasteiger partial charge in [-0.2, -0.15) is 0 Å². The van der Waals surface area contributed by atoms with Gasteiger partial charge in [-0.3, -0.25) is 9.59 Å². The second-order valence-electron chi connectivity index (χ2n) is 5.56. The SMILES string of the molecule is CCC(CC)(CC(=O)NCC(O)CC(C)C)C(=O)O. The number of hydrogen-bond acceptors (Lipinski definition) is 3. The Hall–Kier alpha value is -1.10. The van der Waals surface area contributed by atoms with Gasteiger partial charge in [0, 0.05) is 13.0 Å². The lowest BCUT2D eigenvalue weighted by Crippen LogP contribution is -2.39. The first-order chi connectivity index (χ1) is 8.77. The Balaban J connectivity index is 4.33. The first kappa shape index (κ1) is 17.9. The van der Waals surface area contributed by atoms with Crippen molar-refractivity contribution in [3.05, 3.63) is 0 Å². The van der Waals surface area contributed by atoms with Crippen molar-refractivity contribution in [1.29, 1.82) is 0 Å². The number of carboxylic acid groups (broad SMARTS) is 1. The second-order valence-corrected chi connectivity index (χ2v) is 5.56. The lowest BCUT2D eigenvalue weighted by molar-refractivity contribution is -0.152. The van der Waals surface area contributed by atoms with Crippen LogP contribution in [0.4, 0.5) is 0 Å². The molecular formula is C14H27NO4. The standard InChI is InChI=1S/C14H27NO4/c1-5-14(6-2,13(18)19)8-12(17)15-9-11(16)7-10(3)4/h10-11,16H,5-9H2,1-4H3,(H,15,17)(H,18,19). The van der Waals surface area contributed by atoms with Gasteiger partial charge in [0.05, 0.1) is 11.5 Å². The number of nitrogens with one attached hydrogen (secondary N) is 1. The van der Waals surface area contributed by atoms with Gasteiger partial charge in [-0.05, 0) is 25.2 Å². The molecule has 19 heavy (non-hydrogen) atoms. The third-order valence-corrected chi connectivity index (χ3v) is 3.58. The quantitative estimate of drug-likeness (QED) is 0.598. The smallest absolute Gasteiger partial charge is 0.310 e. The molecule has 0 aliphatic rings. The van der Waals surface area contributed by atoms with E-state index in [0.717, 1.165) is 0 Å². The van der Waals surface area contributed by atoms with Gasteiger partial charge >= 0.3 is 5.97 Å². The van der Waals surface area contributed by atoms with Crippen molar-refractivity contribution in [2.75, 3.05) is 6.54 Å². The molecule has 0 rings (SSSR count). The predicted molar refractivity (Wildman–Crippen MR) is 73.7 cm³/mol. The van der Waals surface area contributed by atoms with E-state index in [1.54, 1.807) is 13.8 Å². The van der Waals surface area contributed by atoms with Crippen LogP contribution in [-0.4, -0.2) is 34.7 Å². The highest BCUT2D eigenvalue weighted by Crippen LogP contribution is 2.30. The highest BCUT2D eigenvalue weighted by atomic mass is 16.4. The lowest BCUT2D eigenvalue weighted by Gasteiger charge is -2.26. The number of rotatable bonds is 9. The molecule has 5 nitrogen and oxygen atoms in total. The van der Waals surface area contributed by atoms with Crippen LogP contribution >= 0.6 is 0 Å². The summed E-state index contributed by atoms with van der Waals surface area (Å²) < 4.78 is 0. The second kappa shape index (κ2) is 8.15. The van der Waals surface area contributed by atoms with Crippen molar-refractivity contribution in [2.45, 2.75) is 59.5 Å². The van der Waals surface area contributed by atoms with Crippen molar-refractivity contribution in [2.24, 2.45) is 11.3 Å². The minimum atomic E-state index is -0.993. The van der Waals surface area contributed by atoms with E-state index in [0.29, 0.717) is 25.2 Å². The molecule has 0 saturated carbocycles. The molecule has 0 aliphatic carbocycles. The summed E-state index contributed by atoms with van der Waals surface area (Å²) >= 11 is 0. The van der Waals surface area contributed by atoms with E-state index >= 15 is 0 Å². The molecule has 0 spiro atoms. The number of carboxylic acids is 1. The number of aliphatic hydroxyl groups excluding tert-OH is 1. The molecule has 0 aromatic rings. The molecule has 0 aromatic carbocycles. The largest absolute Gasteiger partial charge is 0.481 e. The normalized spacial score (nSPS) is 13.4. The van der Waals surface area contributed by atoms with Crippen LogP contribution in [0.25, 0.3) is 0 Å². The highest BCUT2D eigenvalue weighted by molar-refractivity contribution is 5.84. The average molecular weight is 273 g/mol. The van der Waals surface area contributed by atoms with Crippen LogP contribution in [0.2, 0.25) is 0 Å². The summed E-state index contributed by atoms with van der Waals surface area (Å²) in [6.45, 7) is 7.72. The van der Waals surface area contributed by atoms with E-state index in [1.165, 1.54) is 0 Å². The summed E-state index contributed by atoms with van der Waals surface area (Å²) in [5, 5.41) is 21.5. The molecule has 0 aromatic heterocycles. The number of carbonyl (C=O) groups excluding carboxylic acids is 1. The van der Waals surface area contributed by atoms with Gasteiger partial charge < -0.3 is 15.5 Å². The first-order valence-corrected chi connectivity index (χ1v) is 6.95. The Bertz CT molecular complexity index is 298. The van der Waals surface area contributed by atoms with Crippen LogP contribution in [0, 0.1) is 11.3 Å². The maximum absolute atomic E-state index is 11.8. The average Bonchev–Trinajstić information content (AvgIpc) is 2.32. The molecule has 0 heterocycles. The molecule has 3 N–H and O–H groups in total. The van der Waals surface area contributed by atoms with Crippen LogP contribution in [0.3, 0.4) is 0 Å². The molecule has 0 fully saturated rings. The minimum absolute atomic E-state index is 0.0380. The van der Waals surface area contributed by atoms with Gasteiger partial charge in [0.25, 0.3) is 0 Å². The lowest BCUT2D eigenvalue weighted by atomic mass is 9.79. The Labute approximate surface area is 115 Å². The Kier molecular flexibility index (Phi) is 7.68. The number of aliphatic hydroxyl groups is 1. The summed E-state index contributed by atoms with van der Waals surface area (Å²) in [5.41, 5.74) is -0.993. The summed E-state index contributed by atoms with van der Waals surface area (Å²) in [5.74, 6) is -0.888. The van der Waals surface area contributed by atoms with Gasteiger partial charge in [-0.25, -0.2) is 0 Å². The fraction of sp³-hybridized carbons (Fsp3) is 0.857. The third kappa shape index (κ3) is 6.05. The minimum Gasteiger partial charge on any atom is -0.481 e. The van der Waals surface area contributed by atoms with Gasteiger partial charge in [-0.15, -0.1) is 0 Å². The molecule has 0 radical (unpaired) electrons. The van der Waals surface area contributed by atoms with Crippen molar-refractivity contribution < 1.29 is 19.8 Å².